The van der Waals surface area contributed by atoms with E-state index in [1.165, 1.54) is 0 Å². The van der Waals surface area contributed by atoms with Crippen LogP contribution >= 0.6 is 0 Å². The number of fused-ring (bicyclic) bond motifs is 2. The molecule has 4 aromatic rings. The molecule has 1 aliphatic heterocycles. The molecule has 0 spiro atoms. The maximum atomic E-state index is 14.1. The molecular formula is C33H36N4O7. The average Bonchev–Trinajstić information content (AvgIpc) is 3.36. The van der Waals surface area contributed by atoms with E-state index in [4.69, 9.17) is 0 Å². The summed E-state index contributed by atoms with van der Waals surface area (Å²) in [5.74, 6) is -0.821. The van der Waals surface area contributed by atoms with Gasteiger partial charge in [0.15, 0.2) is 0 Å². The number of aliphatic hydroxyl groups is 5. The maximum absolute atomic E-state index is 14.1. The molecule has 1 aliphatic rings. The standard InChI is InChI=1S/C33H36N4O7/c1-21-14-23(6-8-27(21)22-10-12-34-13-11-22)32(43)36-16-25-7-9-29(35(25)15-24-4-2-3-5-28(24)36)33(44)37(17-26(41)18-38)30(19-39)31(42)20-40/h2-14,26,30-31,38-42H,15-20H2,1H3. The molecule has 3 atom stereocenters. The molecule has 0 radical (unpaired) electrons. The van der Waals surface area contributed by atoms with Gasteiger partial charge in [-0.3, -0.25) is 14.6 Å². The summed E-state index contributed by atoms with van der Waals surface area (Å²) in [5.41, 5.74) is 5.83. The lowest BCUT2D eigenvalue weighted by Crippen LogP contribution is -2.53. The van der Waals surface area contributed by atoms with Gasteiger partial charge in [-0.2, -0.15) is 0 Å². The minimum Gasteiger partial charge on any atom is -0.394 e. The molecule has 0 saturated heterocycles. The largest absolute Gasteiger partial charge is 0.394 e. The fourth-order valence-electron chi connectivity index (χ4n) is 5.69. The van der Waals surface area contributed by atoms with Crippen LogP contribution in [0.1, 0.15) is 37.7 Å². The number of carbonyl (C=O) groups excluding carboxylic acids is 2. The number of nitrogens with zero attached hydrogens (tertiary/aromatic N) is 4. The zero-order valence-electron chi connectivity index (χ0n) is 24.3. The molecule has 3 heterocycles. The number of benzene rings is 2. The minimum atomic E-state index is -1.48. The van der Waals surface area contributed by atoms with Crippen LogP contribution in [0.15, 0.2) is 79.1 Å². The lowest BCUT2D eigenvalue weighted by atomic mass is 9.98. The van der Waals surface area contributed by atoms with E-state index in [0.717, 1.165) is 27.2 Å². The van der Waals surface area contributed by atoms with Gasteiger partial charge in [-0.25, -0.2) is 0 Å². The van der Waals surface area contributed by atoms with Crippen LogP contribution in [0, 0.1) is 6.92 Å². The van der Waals surface area contributed by atoms with Crippen molar-refractivity contribution in [2.24, 2.45) is 0 Å². The van der Waals surface area contributed by atoms with Crippen molar-refractivity contribution in [3.05, 3.63) is 107 Å². The molecule has 5 rings (SSSR count). The molecule has 0 aliphatic carbocycles. The summed E-state index contributed by atoms with van der Waals surface area (Å²) in [5, 5.41) is 49.5. The predicted molar refractivity (Wildman–Crippen MR) is 163 cm³/mol. The molecule has 2 aromatic heterocycles. The smallest absolute Gasteiger partial charge is 0.271 e. The number of aromatic nitrogens is 2. The first-order valence-electron chi connectivity index (χ1n) is 14.4. The Kier molecular flexibility index (Phi) is 9.52. The molecule has 11 heteroatoms. The summed E-state index contributed by atoms with van der Waals surface area (Å²) < 4.78 is 1.77. The van der Waals surface area contributed by atoms with Crippen LogP contribution in [-0.4, -0.2) is 96.4 Å². The minimum absolute atomic E-state index is 0.163. The monoisotopic (exact) mass is 600 g/mol. The van der Waals surface area contributed by atoms with Gasteiger partial charge in [-0.1, -0.05) is 24.3 Å². The van der Waals surface area contributed by atoms with Crippen LogP contribution in [0.25, 0.3) is 11.1 Å². The van der Waals surface area contributed by atoms with Gasteiger partial charge in [-0.05, 0) is 71.6 Å². The molecule has 11 nitrogen and oxygen atoms in total. The zero-order chi connectivity index (χ0) is 31.4. The van der Waals surface area contributed by atoms with E-state index in [1.807, 2.05) is 55.5 Å². The van der Waals surface area contributed by atoms with E-state index < -0.39 is 44.0 Å². The molecule has 44 heavy (non-hydrogen) atoms. The fraction of sp³-hybridized carbons (Fsp3) is 0.303. The van der Waals surface area contributed by atoms with Crippen LogP contribution in [-0.2, 0) is 13.1 Å². The van der Waals surface area contributed by atoms with Crippen LogP contribution in [0.3, 0.4) is 0 Å². The summed E-state index contributed by atoms with van der Waals surface area (Å²) in [7, 11) is 0. The molecule has 2 aromatic carbocycles. The third-order valence-corrected chi connectivity index (χ3v) is 8.03. The molecule has 5 N–H and O–H groups in total. The van der Waals surface area contributed by atoms with E-state index in [-0.39, 0.29) is 31.2 Å². The zero-order valence-corrected chi connectivity index (χ0v) is 24.3. The topological polar surface area (TPSA) is 160 Å². The Morgan fingerprint density at radius 3 is 2.34 bits per heavy atom. The number of hydrogen-bond donors (Lipinski definition) is 5. The first-order chi connectivity index (χ1) is 21.3. The highest BCUT2D eigenvalue weighted by molar-refractivity contribution is 6.07. The van der Waals surface area contributed by atoms with Crippen molar-refractivity contribution in [2.75, 3.05) is 31.3 Å². The molecular weight excluding hydrogens is 564 g/mol. The molecule has 0 saturated carbocycles. The highest BCUT2D eigenvalue weighted by Crippen LogP contribution is 2.32. The number of carbonyl (C=O) groups is 2. The van der Waals surface area contributed by atoms with E-state index in [1.54, 1.807) is 40.1 Å². The van der Waals surface area contributed by atoms with E-state index in [2.05, 4.69) is 4.98 Å². The molecule has 3 unspecified atom stereocenters. The van der Waals surface area contributed by atoms with Crippen LogP contribution in [0.4, 0.5) is 5.69 Å². The van der Waals surface area contributed by atoms with Gasteiger partial charge in [0.05, 0.1) is 51.2 Å². The van der Waals surface area contributed by atoms with Gasteiger partial charge in [0.1, 0.15) is 5.69 Å². The second-order valence-electron chi connectivity index (χ2n) is 10.9. The quantitative estimate of drug-likeness (QED) is 0.184. The lowest BCUT2D eigenvalue weighted by Gasteiger charge is -2.34. The van der Waals surface area contributed by atoms with Crippen molar-refractivity contribution in [1.82, 2.24) is 14.5 Å². The number of anilines is 1. The fourth-order valence-corrected chi connectivity index (χ4v) is 5.69. The summed E-state index contributed by atoms with van der Waals surface area (Å²) in [6.07, 6.45) is 0.640. The van der Waals surface area contributed by atoms with Crippen molar-refractivity contribution in [3.8, 4) is 11.1 Å². The van der Waals surface area contributed by atoms with E-state index in [9.17, 15) is 35.1 Å². The summed E-state index contributed by atoms with van der Waals surface area (Å²) >= 11 is 0. The Morgan fingerprint density at radius 1 is 0.909 bits per heavy atom. The summed E-state index contributed by atoms with van der Waals surface area (Å²) in [6.45, 7) is -0.0419. The first kappa shape index (κ1) is 31.0. The molecule has 230 valence electrons. The SMILES string of the molecule is Cc1cc(C(=O)N2Cc3ccc(C(=O)N(CC(O)CO)C(CO)C(O)CO)n3Cc3ccccc32)ccc1-c1ccncc1. The van der Waals surface area contributed by atoms with E-state index in [0.29, 0.717) is 16.9 Å². The maximum Gasteiger partial charge on any atom is 0.271 e. The Balaban J connectivity index is 1.51. The number of hydrogen-bond acceptors (Lipinski definition) is 8. The van der Waals surface area contributed by atoms with Gasteiger partial charge in [0.25, 0.3) is 11.8 Å². The number of pyridine rings is 1. The third-order valence-electron chi connectivity index (χ3n) is 8.03. The first-order valence-corrected chi connectivity index (χ1v) is 14.4. The van der Waals surface area contributed by atoms with Gasteiger partial charge in [0, 0.05) is 35.9 Å². The van der Waals surface area contributed by atoms with Crippen LogP contribution < -0.4 is 4.90 Å². The predicted octanol–water partition coefficient (Wildman–Crippen LogP) is 1.58. The lowest BCUT2D eigenvalue weighted by molar-refractivity contribution is -0.0261. The third kappa shape index (κ3) is 6.14. The van der Waals surface area contributed by atoms with Gasteiger partial charge < -0.3 is 39.9 Å². The van der Waals surface area contributed by atoms with E-state index >= 15 is 0 Å². The normalized spacial score (nSPS) is 14.6. The Morgan fingerprint density at radius 2 is 1.66 bits per heavy atom. The van der Waals surface area contributed by atoms with Gasteiger partial charge >= 0.3 is 0 Å². The summed E-state index contributed by atoms with van der Waals surface area (Å²) in [4.78, 5) is 34.8. The van der Waals surface area contributed by atoms with Gasteiger partial charge in [0.2, 0.25) is 0 Å². The number of rotatable bonds is 10. The Labute approximate surface area is 254 Å². The average molecular weight is 601 g/mol. The van der Waals surface area contributed by atoms with Crippen molar-refractivity contribution in [3.63, 3.8) is 0 Å². The highest BCUT2D eigenvalue weighted by Gasteiger charge is 2.34. The second-order valence-corrected chi connectivity index (χ2v) is 10.9. The molecule has 2 amide bonds. The Hall–Kier alpha value is -4.39. The van der Waals surface area contributed by atoms with Crippen molar-refractivity contribution < 1.29 is 35.1 Å². The highest BCUT2D eigenvalue weighted by atomic mass is 16.3. The second kappa shape index (κ2) is 13.5. The van der Waals surface area contributed by atoms with Gasteiger partial charge in [-0.15, -0.1) is 0 Å². The molecule has 0 fully saturated rings. The number of para-hydroxylation sites is 1. The van der Waals surface area contributed by atoms with Crippen LogP contribution in [0.5, 0.6) is 0 Å². The van der Waals surface area contributed by atoms with Crippen molar-refractivity contribution in [1.29, 1.82) is 0 Å². The number of amides is 2. The number of aryl methyl sites for hydroxylation is 1. The van der Waals surface area contributed by atoms with Crippen molar-refractivity contribution >= 4 is 17.5 Å². The number of aliphatic hydroxyl groups excluding tert-OH is 5. The molecule has 0 bridgehead atoms. The Bertz CT molecular complexity index is 1620. The summed E-state index contributed by atoms with van der Waals surface area (Å²) in [6, 6.07) is 19.0. The van der Waals surface area contributed by atoms with Crippen molar-refractivity contribution in [2.45, 2.75) is 38.3 Å². The van der Waals surface area contributed by atoms with Crippen LogP contribution in [0.2, 0.25) is 0 Å².